The molecule has 1 aliphatic heterocycles. The number of aromatic amines is 1. The zero-order valence-electron chi connectivity index (χ0n) is 7.54. The normalized spacial score (nSPS) is 13.7. The Bertz CT molecular complexity index is 421. The molecule has 0 aliphatic carbocycles. The second kappa shape index (κ2) is 3.45. The molecule has 0 aromatic carbocycles. The summed E-state index contributed by atoms with van der Waals surface area (Å²) in [6.45, 7) is 1.32. The lowest BCUT2D eigenvalue weighted by molar-refractivity contribution is -0.137. The maximum atomic E-state index is 10.4. The third-order valence-corrected chi connectivity index (χ3v) is 2.60. The van der Waals surface area contributed by atoms with Crippen LogP contribution in [-0.4, -0.2) is 27.2 Å². The number of hydrogen-bond donors (Lipinski definition) is 3. The molecular weight excluding hydrogens is 202 g/mol. The van der Waals surface area contributed by atoms with E-state index in [1.165, 1.54) is 0 Å². The molecule has 0 saturated heterocycles. The first-order chi connectivity index (χ1) is 6.68. The molecule has 0 saturated carbocycles. The standard InChI is InChI=1S/C8H11N3O2S/c12-6(13)2-4-11-7-5(1-3-9-7)10-8(11)14/h9H,1-4H2,(H,10,14)(H,12,13). The van der Waals surface area contributed by atoms with Crippen LogP contribution in [0.25, 0.3) is 0 Å². The number of carboxylic acids is 1. The Labute approximate surface area is 85.8 Å². The fourth-order valence-corrected chi connectivity index (χ4v) is 1.94. The lowest BCUT2D eigenvalue weighted by Gasteiger charge is -2.04. The third-order valence-electron chi connectivity index (χ3n) is 2.28. The second-order valence-electron chi connectivity index (χ2n) is 3.23. The summed E-state index contributed by atoms with van der Waals surface area (Å²) in [5.41, 5.74) is 1.08. The van der Waals surface area contributed by atoms with Gasteiger partial charge in [-0.15, -0.1) is 0 Å². The summed E-state index contributed by atoms with van der Waals surface area (Å²) in [5, 5.41) is 11.8. The molecule has 0 spiro atoms. The summed E-state index contributed by atoms with van der Waals surface area (Å²) in [4.78, 5) is 13.5. The van der Waals surface area contributed by atoms with Gasteiger partial charge in [-0.25, -0.2) is 0 Å². The van der Waals surface area contributed by atoms with Crippen LogP contribution in [0.5, 0.6) is 0 Å². The topological polar surface area (TPSA) is 70.0 Å². The van der Waals surface area contributed by atoms with E-state index >= 15 is 0 Å². The van der Waals surface area contributed by atoms with Crippen LogP contribution in [0.15, 0.2) is 0 Å². The van der Waals surface area contributed by atoms with Crippen molar-refractivity contribution in [3.05, 3.63) is 10.5 Å². The van der Waals surface area contributed by atoms with Crippen LogP contribution in [0.1, 0.15) is 12.1 Å². The SMILES string of the molecule is O=C(O)CCn1c2c([nH]c1=S)CCN2. The number of carboxylic acid groups (broad SMARTS) is 1. The van der Waals surface area contributed by atoms with Crippen molar-refractivity contribution in [2.24, 2.45) is 0 Å². The van der Waals surface area contributed by atoms with Crippen molar-refractivity contribution in [3.63, 3.8) is 0 Å². The molecule has 6 heteroatoms. The van der Waals surface area contributed by atoms with E-state index in [-0.39, 0.29) is 6.42 Å². The lowest BCUT2D eigenvalue weighted by atomic mass is 10.4. The monoisotopic (exact) mass is 213 g/mol. The van der Waals surface area contributed by atoms with Gasteiger partial charge in [-0.05, 0) is 12.2 Å². The van der Waals surface area contributed by atoms with Crippen LogP contribution >= 0.6 is 12.2 Å². The lowest BCUT2D eigenvalue weighted by Crippen LogP contribution is -2.08. The molecule has 2 rings (SSSR count). The Morgan fingerprint density at radius 3 is 3.14 bits per heavy atom. The minimum atomic E-state index is -0.806. The van der Waals surface area contributed by atoms with Gasteiger partial charge in [-0.2, -0.15) is 0 Å². The van der Waals surface area contributed by atoms with E-state index in [1.807, 2.05) is 4.57 Å². The molecule has 0 radical (unpaired) electrons. The fourth-order valence-electron chi connectivity index (χ4n) is 1.63. The molecule has 0 amide bonds. The van der Waals surface area contributed by atoms with Crippen LogP contribution in [0.3, 0.4) is 0 Å². The molecule has 1 aliphatic rings. The number of H-pyrrole nitrogens is 1. The first kappa shape index (κ1) is 9.26. The number of anilines is 1. The smallest absolute Gasteiger partial charge is 0.305 e. The van der Waals surface area contributed by atoms with Gasteiger partial charge in [0.25, 0.3) is 0 Å². The number of aliphatic carboxylic acids is 1. The van der Waals surface area contributed by atoms with Gasteiger partial charge in [0.15, 0.2) is 4.77 Å². The van der Waals surface area contributed by atoms with Crippen molar-refractivity contribution in [3.8, 4) is 0 Å². The first-order valence-electron chi connectivity index (χ1n) is 4.46. The molecule has 14 heavy (non-hydrogen) atoms. The molecule has 2 heterocycles. The predicted octanol–water partition coefficient (Wildman–Crippen LogP) is 0.988. The number of rotatable bonds is 3. The van der Waals surface area contributed by atoms with Crippen LogP contribution in [0.4, 0.5) is 5.82 Å². The molecule has 1 aromatic heterocycles. The maximum absolute atomic E-state index is 10.4. The number of aromatic nitrogens is 2. The van der Waals surface area contributed by atoms with Crippen LogP contribution in [0, 0.1) is 4.77 Å². The number of imidazole rings is 1. The van der Waals surface area contributed by atoms with Crippen LogP contribution < -0.4 is 5.32 Å². The summed E-state index contributed by atoms with van der Waals surface area (Å²) in [6.07, 6.45) is 1.03. The quantitative estimate of drug-likeness (QED) is 0.655. The number of hydrogen-bond acceptors (Lipinski definition) is 3. The Hall–Kier alpha value is -1.30. The average Bonchev–Trinajstić information content (AvgIpc) is 2.61. The Balaban J connectivity index is 2.24. The minimum Gasteiger partial charge on any atom is -0.481 e. The minimum absolute atomic E-state index is 0.0975. The highest BCUT2D eigenvalue weighted by atomic mass is 32.1. The van der Waals surface area contributed by atoms with E-state index < -0.39 is 5.97 Å². The molecule has 76 valence electrons. The van der Waals surface area contributed by atoms with Crippen LogP contribution in [-0.2, 0) is 17.8 Å². The fraction of sp³-hybridized carbons (Fsp3) is 0.500. The van der Waals surface area contributed by atoms with Gasteiger partial charge in [0.05, 0.1) is 12.1 Å². The molecule has 0 bridgehead atoms. The van der Waals surface area contributed by atoms with E-state index in [0.29, 0.717) is 11.3 Å². The van der Waals surface area contributed by atoms with Gasteiger partial charge in [0.1, 0.15) is 5.82 Å². The van der Waals surface area contributed by atoms with Gasteiger partial charge >= 0.3 is 5.97 Å². The molecular formula is C8H11N3O2S. The van der Waals surface area contributed by atoms with Gasteiger partial charge < -0.3 is 20.0 Å². The van der Waals surface area contributed by atoms with Crippen molar-refractivity contribution in [2.45, 2.75) is 19.4 Å². The first-order valence-corrected chi connectivity index (χ1v) is 4.86. The largest absolute Gasteiger partial charge is 0.481 e. The number of carbonyl (C=O) groups is 1. The zero-order chi connectivity index (χ0) is 10.1. The highest BCUT2D eigenvalue weighted by Crippen LogP contribution is 2.21. The zero-order valence-corrected chi connectivity index (χ0v) is 8.36. The maximum Gasteiger partial charge on any atom is 0.305 e. The number of nitrogens with one attached hydrogen (secondary N) is 2. The van der Waals surface area contributed by atoms with Crippen molar-refractivity contribution in [2.75, 3.05) is 11.9 Å². The van der Waals surface area contributed by atoms with Gasteiger partial charge in [-0.3, -0.25) is 4.79 Å². The highest BCUT2D eigenvalue weighted by molar-refractivity contribution is 7.71. The molecule has 0 fully saturated rings. The average molecular weight is 213 g/mol. The van der Waals surface area contributed by atoms with Gasteiger partial charge in [-0.1, -0.05) is 0 Å². The summed E-state index contributed by atoms with van der Waals surface area (Å²) in [5.74, 6) is 0.149. The van der Waals surface area contributed by atoms with Gasteiger partial charge in [0.2, 0.25) is 0 Å². The number of nitrogens with zero attached hydrogens (tertiary/aromatic N) is 1. The number of fused-ring (bicyclic) bond motifs is 1. The molecule has 0 unspecified atom stereocenters. The Morgan fingerprint density at radius 2 is 2.43 bits per heavy atom. The molecule has 0 atom stereocenters. The Kier molecular flexibility index (Phi) is 2.28. The van der Waals surface area contributed by atoms with E-state index in [4.69, 9.17) is 17.3 Å². The van der Waals surface area contributed by atoms with Crippen molar-refractivity contribution in [1.82, 2.24) is 9.55 Å². The van der Waals surface area contributed by atoms with E-state index in [9.17, 15) is 4.79 Å². The predicted molar refractivity (Wildman–Crippen MR) is 54.1 cm³/mol. The van der Waals surface area contributed by atoms with Crippen molar-refractivity contribution < 1.29 is 9.90 Å². The molecule has 1 aromatic rings. The van der Waals surface area contributed by atoms with E-state index in [2.05, 4.69) is 10.3 Å². The summed E-state index contributed by atoms with van der Waals surface area (Å²) >= 11 is 5.09. The van der Waals surface area contributed by atoms with E-state index in [0.717, 1.165) is 24.5 Å². The highest BCUT2D eigenvalue weighted by Gasteiger charge is 2.17. The van der Waals surface area contributed by atoms with Crippen LogP contribution in [0.2, 0.25) is 0 Å². The van der Waals surface area contributed by atoms with Gasteiger partial charge in [0, 0.05) is 19.5 Å². The summed E-state index contributed by atoms with van der Waals surface area (Å²) in [6, 6.07) is 0. The van der Waals surface area contributed by atoms with E-state index in [1.54, 1.807) is 0 Å². The molecule has 5 nitrogen and oxygen atoms in total. The van der Waals surface area contributed by atoms with Crippen molar-refractivity contribution in [1.29, 1.82) is 0 Å². The molecule has 3 N–H and O–H groups in total. The Morgan fingerprint density at radius 1 is 1.64 bits per heavy atom. The summed E-state index contributed by atoms with van der Waals surface area (Å²) in [7, 11) is 0. The summed E-state index contributed by atoms with van der Waals surface area (Å²) < 4.78 is 2.41. The third kappa shape index (κ3) is 1.52. The van der Waals surface area contributed by atoms with Crippen molar-refractivity contribution >= 4 is 24.0 Å². The second-order valence-corrected chi connectivity index (χ2v) is 3.62.